The Hall–Kier alpha value is -0.870. The number of rotatable bonds is 5. The summed E-state index contributed by atoms with van der Waals surface area (Å²) in [6.07, 6.45) is -0.461. The van der Waals surface area contributed by atoms with E-state index in [0.717, 1.165) is 0 Å². The third kappa shape index (κ3) is 5.54. The fraction of sp³-hybridized carbons (Fsp3) is 0.727. The summed E-state index contributed by atoms with van der Waals surface area (Å²) in [5, 5.41) is 0. The van der Waals surface area contributed by atoms with Crippen molar-refractivity contribution in [3.05, 3.63) is 12.2 Å². The molecule has 0 rings (SSSR count). The van der Waals surface area contributed by atoms with E-state index in [1.54, 1.807) is 0 Å². The summed E-state index contributed by atoms with van der Waals surface area (Å²) in [5.41, 5.74) is -0.00283. The van der Waals surface area contributed by atoms with E-state index in [-0.39, 0.29) is 17.8 Å². The number of esters is 1. The van der Waals surface area contributed by atoms with Gasteiger partial charge in [0.1, 0.15) is 6.10 Å². The zero-order valence-electron chi connectivity index (χ0n) is 10.1. The molecule has 1 unspecified atom stereocenters. The van der Waals surface area contributed by atoms with Crippen molar-refractivity contribution in [2.24, 2.45) is 0 Å². The van der Waals surface area contributed by atoms with E-state index in [4.69, 9.17) is 9.47 Å². The van der Waals surface area contributed by atoms with Gasteiger partial charge in [-0.05, 0) is 20.8 Å². The lowest BCUT2D eigenvalue weighted by Crippen LogP contribution is -2.30. The standard InChI is InChI=1S/C11H20O4/c1-8(10(12)14-6)9(13-5)7-15-11(2,3)4/h9H,1,7H2,2-6H3. The molecule has 0 radical (unpaired) electrons. The first kappa shape index (κ1) is 14.1. The summed E-state index contributed by atoms with van der Waals surface area (Å²) in [4.78, 5) is 11.2. The quantitative estimate of drug-likeness (QED) is 0.516. The number of carbonyl (C=O) groups excluding carboxylic acids is 1. The van der Waals surface area contributed by atoms with Gasteiger partial charge >= 0.3 is 5.97 Å². The maximum absolute atomic E-state index is 11.2. The number of ether oxygens (including phenoxy) is 3. The van der Waals surface area contributed by atoms with Gasteiger partial charge in [0.05, 0.1) is 24.9 Å². The first-order valence-corrected chi connectivity index (χ1v) is 4.75. The van der Waals surface area contributed by atoms with E-state index >= 15 is 0 Å². The van der Waals surface area contributed by atoms with Gasteiger partial charge in [-0.1, -0.05) is 6.58 Å². The van der Waals surface area contributed by atoms with Crippen molar-refractivity contribution in [2.75, 3.05) is 20.8 Å². The lowest BCUT2D eigenvalue weighted by atomic mass is 10.1. The summed E-state index contributed by atoms with van der Waals surface area (Å²) in [6.45, 7) is 9.70. The molecule has 15 heavy (non-hydrogen) atoms. The minimum absolute atomic E-state index is 0.268. The SMILES string of the molecule is C=C(C(=O)OC)C(COC(C)(C)C)OC. The van der Waals surface area contributed by atoms with Gasteiger partial charge in [-0.15, -0.1) is 0 Å². The highest BCUT2D eigenvalue weighted by molar-refractivity contribution is 5.88. The highest BCUT2D eigenvalue weighted by atomic mass is 16.5. The Morgan fingerprint density at radius 2 is 1.87 bits per heavy atom. The van der Waals surface area contributed by atoms with Crippen molar-refractivity contribution >= 4 is 5.97 Å². The maximum atomic E-state index is 11.2. The summed E-state index contributed by atoms with van der Waals surface area (Å²) < 4.78 is 15.2. The van der Waals surface area contributed by atoms with Gasteiger partial charge < -0.3 is 14.2 Å². The van der Waals surface area contributed by atoms with Crippen LogP contribution >= 0.6 is 0 Å². The van der Waals surface area contributed by atoms with Gasteiger partial charge in [-0.2, -0.15) is 0 Å². The zero-order chi connectivity index (χ0) is 12.1. The van der Waals surface area contributed by atoms with Gasteiger partial charge in [-0.25, -0.2) is 4.79 Å². The molecule has 0 amide bonds. The predicted molar refractivity (Wildman–Crippen MR) is 57.7 cm³/mol. The van der Waals surface area contributed by atoms with Gasteiger partial charge in [0.25, 0.3) is 0 Å². The molecular weight excluding hydrogens is 196 g/mol. The Kier molecular flexibility index (Phi) is 5.54. The van der Waals surface area contributed by atoms with Crippen LogP contribution in [0.4, 0.5) is 0 Å². The molecule has 0 aliphatic rings. The van der Waals surface area contributed by atoms with E-state index in [0.29, 0.717) is 0 Å². The van der Waals surface area contributed by atoms with Gasteiger partial charge in [-0.3, -0.25) is 0 Å². The molecule has 0 saturated carbocycles. The Balaban J connectivity index is 4.26. The second-order valence-electron chi connectivity index (χ2n) is 4.16. The van der Waals surface area contributed by atoms with E-state index < -0.39 is 12.1 Å². The van der Waals surface area contributed by atoms with Crippen LogP contribution in [0.1, 0.15) is 20.8 Å². The fourth-order valence-electron chi connectivity index (χ4n) is 0.899. The minimum atomic E-state index is -0.473. The van der Waals surface area contributed by atoms with Crippen molar-refractivity contribution in [2.45, 2.75) is 32.5 Å². The molecule has 88 valence electrons. The number of carbonyl (C=O) groups is 1. The summed E-state index contributed by atoms with van der Waals surface area (Å²) in [7, 11) is 2.82. The summed E-state index contributed by atoms with van der Waals surface area (Å²) in [6, 6.07) is 0. The molecule has 0 spiro atoms. The number of methoxy groups -OCH3 is 2. The van der Waals surface area contributed by atoms with Crippen LogP contribution in [-0.2, 0) is 19.0 Å². The van der Waals surface area contributed by atoms with Crippen LogP contribution < -0.4 is 0 Å². The summed E-state index contributed by atoms with van der Waals surface area (Å²) in [5.74, 6) is -0.473. The van der Waals surface area contributed by atoms with Crippen molar-refractivity contribution in [1.82, 2.24) is 0 Å². The molecule has 0 aliphatic carbocycles. The predicted octanol–water partition coefficient (Wildman–Crippen LogP) is 1.55. The van der Waals surface area contributed by atoms with E-state index in [9.17, 15) is 4.79 Å². The molecule has 0 aromatic carbocycles. The molecule has 1 atom stereocenters. The molecule has 0 saturated heterocycles. The third-order valence-corrected chi connectivity index (χ3v) is 1.79. The highest BCUT2D eigenvalue weighted by Crippen LogP contribution is 2.12. The van der Waals surface area contributed by atoms with Gasteiger partial charge in [0.15, 0.2) is 0 Å². The molecule has 0 heterocycles. The Bertz CT molecular complexity index is 227. The summed E-state index contributed by atoms with van der Waals surface area (Å²) >= 11 is 0. The molecule has 4 nitrogen and oxygen atoms in total. The normalized spacial score (nSPS) is 13.4. The molecule has 0 aromatic rings. The number of hydrogen-bond acceptors (Lipinski definition) is 4. The second kappa shape index (κ2) is 5.88. The van der Waals surface area contributed by atoms with E-state index in [2.05, 4.69) is 11.3 Å². The molecule has 0 aliphatic heterocycles. The van der Waals surface area contributed by atoms with Crippen LogP contribution in [0, 0.1) is 0 Å². The van der Waals surface area contributed by atoms with Crippen LogP contribution in [0.3, 0.4) is 0 Å². The molecule has 0 aromatic heterocycles. The monoisotopic (exact) mass is 216 g/mol. The molecule has 0 N–H and O–H groups in total. The smallest absolute Gasteiger partial charge is 0.335 e. The van der Waals surface area contributed by atoms with Crippen molar-refractivity contribution in [3.8, 4) is 0 Å². The van der Waals surface area contributed by atoms with Crippen LogP contribution in [-0.4, -0.2) is 38.5 Å². The lowest BCUT2D eigenvalue weighted by molar-refractivity contribution is -0.138. The fourth-order valence-corrected chi connectivity index (χ4v) is 0.899. The minimum Gasteiger partial charge on any atom is -0.466 e. The molecule has 0 fully saturated rings. The van der Waals surface area contributed by atoms with Crippen LogP contribution in [0.25, 0.3) is 0 Å². The number of hydrogen-bond donors (Lipinski definition) is 0. The van der Waals surface area contributed by atoms with E-state index in [1.807, 2.05) is 20.8 Å². The molecule has 4 heteroatoms. The van der Waals surface area contributed by atoms with Crippen LogP contribution in [0.5, 0.6) is 0 Å². The van der Waals surface area contributed by atoms with Crippen LogP contribution in [0.15, 0.2) is 12.2 Å². The molecular formula is C11H20O4. The lowest BCUT2D eigenvalue weighted by Gasteiger charge is -2.24. The Morgan fingerprint density at radius 3 is 2.20 bits per heavy atom. The largest absolute Gasteiger partial charge is 0.466 e. The van der Waals surface area contributed by atoms with Gasteiger partial charge in [0, 0.05) is 7.11 Å². The molecule has 0 bridgehead atoms. The van der Waals surface area contributed by atoms with Crippen molar-refractivity contribution in [3.63, 3.8) is 0 Å². The van der Waals surface area contributed by atoms with Gasteiger partial charge in [0.2, 0.25) is 0 Å². The Morgan fingerprint density at radius 1 is 1.33 bits per heavy atom. The average Bonchev–Trinajstić information content (AvgIpc) is 2.15. The first-order valence-electron chi connectivity index (χ1n) is 4.75. The van der Waals surface area contributed by atoms with E-state index in [1.165, 1.54) is 14.2 Å². The third-order valence-electron chi connectivity index (χ3n) is 1.79. The van der Waals surface area contributed by atoms with Crippen LogP contribution in [0.2, 0.25) is 0 Å². The maximum Gasteiger partial charge on any atom is 0.335 e. The average molecular weight is 216 g/mol. The van der Waals surface area contributed by atoms with Crippen molar-refractivity contribution < 1.29 is 19.0 Å². The zero-order valence-corrected chi connectivity index (χ0v) is 10.1. The van der Waals surface area contributed by atoms with Crippen molar-refractivity contribution in [1.29, 1.82) is 0 Å². The second-order valence-corrected chi connectivity index (χ2v) is 4.16. The highest BCUT2D eigenvalue weighted by Gasteiger charge is 2.22. The first-order chi connectivity index (χ1) is 6.81. The topological polar surface area (TPSA) is 44.8 Å². The Labute approximate surface area is 91.2 Å².